The van der Waals surface area contributed by atoms with Crippen LogP contribution in [0.25, 0.3) is 0 Å². The highest BCUT2D eigenvalue weighted by Gasteiger charge is 2.39. The first-order valence-corrected chi connectivity index (χ1v) is 10.2. The molecule has 158 valence electrons. The quantitative estimate of drug-likeness (QED) is 0.775. The van der Waals surface area contributed by atoms with Crippen molar-refractivity contribution in [2.24, 2.45) is 0 Å². The average Bonchev–Trinajstić information content (AvgIpc) is 3.51. The Kier molecular flexibility index (Phi) is 4.63. The molecule has 0 spiro atoms. The lowest BCUT2D eigenvalue weighted by Crippen LogP contribution is -2.47. The van der Waals surface area contributed by atoms with Gasteiger partial charge in [-0.25, -0.2) is 18.7 Å². The number of anilines is 4. The number of carbonyl (C=O) groups excluding carboxylic acids is 1. The molecule has 2 aromatic rings. The first kappa shape index (κ1) is 19.0. The van der Waals surface area contributed by atoms with E-state index in [1.807, 2.05) is 11.0 Å². The zero-order chi connectivity index (χ0) is 20.7. The van der Waals surface area contributed by atoms with Crippen molar-refractivity contribution in [3.8, 4) is 0 Å². The summed E-state index contributed by atoms with van der Waals surface area (Å²) in [5, 5.41) is 5.94. The molecule has 1 saturated carbocycles. The lowest BCUT2D eigenvalue weighted by atomic mass is 10.2. The minimum Gasteiger partial charge on any atom is -0.360 e. The van der Waals surface area contributed by atoms with E-state index in [1.165, 1.54) is 0 Å². The molecule has 1 aliphatic carbocycles. The van der Waals surface area contributed by atoms with Crippen LogP contribution in [-0.2, 0) is 4.79 Å². The van der Waals surface area contributed by atoms with Gasteiger partial charge in [-0.05, 0) is 12.8 Å². The molecule has 10 heteroatoms. The molecule has 8 nitrogen and oxygen atoms in total. The van der Waals surface area contributed by atoms with Gasteiger partial charge in [0.2, 0.25) is 5.91 Å². The molecule has 4 heterocycles. The Morgan fingerprint density at radius 3 is 2.63 bits per heavy atom. The topological polar surface area (TPSA) is 86.3 Å². The number of piperazine rings is 1. The van der Waals surface area contributed by atoms with E-state index in [1.54, 1.807) is 23.4 Å². The van der Waals surface area contributed by atoms with Gasteiger partial charge in [0.1, 0.15) is 17.5 Å². The second-order valence-corrected chi connectivity index (χ2v) is 8.09. The van der Waals surface area contributed by atoms with E-state index in [2.05, 4.69) is 25.6 Å². The predicted molar refractivity (Wildman–Crippen MR) is 109 cm³/mol. The van der Waals surface area contributed by atoms with Crippen LogP contribution in [0, 0.1) is 0 Å². The highest BCUT2D eigenvalue weighted by molar-refractivity contribution is 5.83. The third kappa shape index (κ3) is 4.12. The Bertz CT molecular complexity index is 949. The van der Waals surface area contributed by atoms with Gasteiger partial charge in [-0.1, -0.05) is 0 Å². The van der Waals surface area contributed by atoms with E-state index in [0.717, 1.165) is 24.2 Å². The Balaban J connectivity index is 1.43. The number of nitrogens with zero attached hydrogens (tertiary/aromatic N) is 5. The highest BCUT2D eigenvalue weighted by Crippen LogP contribution is 2.38. The maximum Gasteiger partial charge on any atom is 0.266 e. The second-order valence-electron chi connectivity index (χ2n) is 8.09. The molecule has 2 saturated heterocycles. The number of pyridine rings is 1. The molecule has 0 atom stereocenters. The summed E-state index contributed by atoms with van der Waals surface area (Å²) in [4.78, 5) is 28.7. The predicted octanol–water partition coefficient (Wildman–Crippen LogP) is 2.27. The van der Waals surface area contributed by atoms with Gasteiger partial charge < -0.3 is 20.4 Å². The molecular weight excluding hydrogens is 392 g/mol. The molecule has 0 bridgehead atoms. The van der Waals surface area contributed by atoms with Crippen molar-refractivity contribution in [2.45, 2.75) is 31.1 Å². The molecule has 0 unspecified atom stereocenters. The van der Waals surface area contributed by atoms with Crippen LogP contribution >= 0.6 is 0 Å². The van der Waals surface area contributed by atoms with Crippen LogP contribution in [0.15, 0.2) is 24.5 Å². The second kappa shape index (κ2) is 7.33. The van der Waals surface area contributed by atoms with Crippen LogP contribution in [0.5, 0.6) is 0 Å². The number of alkyl halides is 2. The van der Waals surface area contributed by atoms with Gasteiger partial charge in [0.05, 0.1) is 31.2 Å². The van der Waals surface area contributed by atoms with Gasteiger partial charge in [0, 0.05) is 49.8 Å². The number of halogens is 2. The molecule has 0 aromatic carbocycles. The SMILES string of the molecule is O=C1CN(c2cc(Nc3cnc(C4CC4)cn3)nc(N3CCC(F)(F)C3)c2)CCN1. The number of aromatic nitrogens is 3. The Hall–Kier alpha value is -3.04. The normalized spacial score (nSPS) is 20.9. The number of hydrogen-bond acceptors (Lipinski definition) is 7. The number of nitrogens with one attached hydrogen (secondary N) is 2. The minimum atomic E-state index is -2.72. The van der Waals surface area contributed by atoms with E-state index in [4.69, 9.17) is 0 Å². The number of hydrogen-bond donors (Lipinski definition) is 2. The fourth-order valence-electron chi connectivity index (χ4n) is 3.82. The third-order valence-electron chi connectivity index (χ3n) is 5.62. The van der Waals surface area contributed by atoms with E-state index >= 15 is 0 Å². The smallest absolute Gasteiger partial charge is 0.266 e. The average molecular weight is 415 g/mol. The molecule has 3 fully saturated rings. The minimum absolute atomic E-state index is 0.0663. The molecule has 5 rings (SSSR count). The first-order chi connectivity index (χ1) is 14.4. The molecule has 2 aromatic heterocycles. The fourth-order valence-corrected chi connectivity index (χ4v) is 3.82. The van der Waals surface area contributed by atoms with Gasteiger partial charge >= 0.3 is 0 Å². The van der Waals surface area contributed by atoms with Crippen molar-refractivity contribution in [1.82, 2.24) is 20.3 Å². The summed E-state index contributed by atoms with van der Waals surface area (Å²) < 4.78 is 27.6. The van der Waals surface area contributed by atoms with Crippen molar-refractivity contribution in [2.75, 3.05) is 47.8 Å². The van der Waals surface area contributed by atoms with Crippen LogP contribution in [0.3, 0.4) is 0 Å². The van der Waals surface area contributed by atoms with Crippen LogP contribution in [0.4, 0.5) is 31.9 Å². The number of rotatable bonds is 5. The van der Waals surface area contributed by atoms with Gasteiger partial charge in [-0.2, -0.15) is 0 Å². The summed E-state index contributed by atoms with van der Waals surface area (Å²) in [6.45, 7) is 1.27. The van der Waals surface area contributed by atoms with Gasteiger partial charge in [-0.15, -0.1) is 0 Å². The maximum atomic E-state index is 13.8. The zero-order valence-corrected chi connectivity index (χ0v) is 16.4. The fraction of sp³-hybridized carbons (Fsp3) is 0.500. The standard InChI is InChI=1S/C20H23F2N7O/c21-20(22)3-5-29(12-20)18-8-14(28-6-4-23-19(30)11-28)7-16(27-18)26-17-10-24-15(9-25-17)13-1-2-13/h7-10,13H,1-6,11-12H2,(H,23,30)(H,25,26,27). The van der Waals surface area contributed by atoms with Crippen molar-refractivity contribution in [1.29, 1.82) is 0 Å². The van der Waals surface area contributed by atoms with Gasteiger partial charge in [-0.3, -0.25) is 9.78 Å². The molecule has 3 aliphatic rings. The molecule has 2 N–H and O–H groups in total. The summed E-state index contributed by atoms with van der Waals surface area (Å²) in [5.74, 6) is -0.790. The Morgan fingerprint density at radius 1 is 1.10 bits per heavy atom. The Labute approximate surface area is 172 Å². The van der Waals surface area contributed by atoms with Crippen LogP contribution in [0.2, 0.25) is 0 Å². The van der Waals surface area contributed by atoms with E-state index in [-0.39, 0.29) is 32.0 Å². The first-order valence-electron chi connectivity index (χ1n) is 10.2. The monoisotopic (exact) mass is 415 g/mol. The lowest BCUT2D eigenvalue weighted by Gasteiger charge is -2.30. The lowest BCUT2D eigenvalue weighted by molar-refractivity contribution is -0.120. The Morgan fingerprint density at radius 2 is 1.97 bits per heavy atom. The molecular formula is C20H23F2N7O. The number of carbonyl (C=O) groups is 1. The summed E-state index contributed by atoms with van der Waals surface area (Å²) >= 11 is 0. The van der Waals surface area contributed by atoms with Gasteiger partial charge in [0.15, 0.2) is 0 Å². The van der Waals surface area contributed by atoms with E-state index < -0.39 is 5.92 Å². The summed E-state index contributed by atoms with van der Waals surface area (Å²) in [6, 6.07) is 3.58. The van der Waals surface area contributed by atoms with E-state index in [0.29, 0.717) is 36.5 Å². The van der Waals surface area contributed by atoms with Crippen LogP contribution in [-0.4, -0.2) is 59.5 Å². The summed E-state index contributed by atoms with van der Waals surface area (Å²) in [6.07, 6.45) is 5.54. The van der Waals surface area contributed by atoms with Crippen molar-refractivity contribution in [3.63, 3.8) is 0 Å². The molecule has 0 radical (unpaired) electrons. The molecule has 1 amide bonds. The summed E-state index contributed by atoms with van der Waals surface area (Å²) in [5.41, 5.74) is 1.75. The van der Waals surface area contributed by atoms with Crippen molar-refractivity contribution >= 4 is 29.0 Å². The zero-order valence-electron chi connectivity index (χ0n) is 16.4. The van der Waals surface area contributed by atoms with Gasteiger partial charge in [0.25, 0.3) is 5.92 Å². The van der Waals surface area contributed by atoms with E-state index in [9.17, 15) is 13.6 Å². The number of amides is 1. The van der Waals surface area contributed by atoms with Crippen LogP contribution in [0.1, 0.15) is 30.9 Å². The summed E-state index contributed by atoms with van der Waals surface area (Å²) in [7, 11) is 0. The van der Waals surface area contributed by atoms with Crippen molar-refractivity contribution < 1.29 is 13.6 Å². The largest absolute Gasteiger partial charge is 0.360 e. The third-order valence-corrected chi connectivity index (χ3v) is 5.62. The van der Waals surface area contributed by atoms with Crippen molar-refractivity contribution in [3.05, 3.63) is 30.2 Å². The molecule has 30 heavy (non-hydrogen) atoms. The van der Waals surface area contributed by atoms with Crippen LogP contribution < -0.4 is 20.4 Å². The maximum absolute atomic E-state index is 13.8. The highest BCUT2D eigenvalue weighted by atomic mass is 19.3. The molecule has 2 aliphatic heterocycles.